The molecule has 1 aliphatic rings. The van der Waals surface area contributed by atoms with Gasteiger partial charge in [0, 0.05) is 12.2 Å². The highest BCUT2D eigenvalue weighted by molar-refractivity contribution is 5.87. The van der Waals surface area contributed by atoms with Crippen LogP contribution in [-0.2, 0) is 10.2 Å². The van der Waals surface area contributed by atoms with E-state index in [1.165, 1.54) is 25.9 Å². The number of amides is 1. The minimum absolute atomic E-state index is 0.0775. The van der Waals surface area contributed by atoms with E-state index in [1.807, 2.05) is 38.1 Å². The van der Waals surface area contributed by atoms with Crippen LogP contribution in [0.5, 0.6) is 0 Å². The van der Waals surface area contributed by atoms with Gasteiger partial charge in [-0.15, -0.1) is 0 Å². The van der Waals surface area contributed by atoms with Crippen LogP contribution in [0.15, 0.2) is 24.3 Å². The molecule has 1 aromatic carbocycles. The zero-order chi connectivity index (χ0) is 15.3. The van der Waals surface area contributed by atoms with Crippen molar-refractivity contribution in [1.82, 2.24) is 10.2 Å². The van der Waals surface area contributed by atoms with Gasteiger partial charge in [-0.2, -0.15) is 0 Å². The van der Waals surface area contributed by atoms with E-state index in [9.17, 15) is 4.79 Å². The van der Waals surface area contributed by atoms with Crippen LogP contribution in [0.4, 0.5) is 5.69 Å². The molecule has 3 N–H and O–H groups in total. The molecule has 0 aromatic heterocycles. The highest BCUT2D eigenvalue weighted by Crippen LogP contribution is 2.24. The second-order valence-corrected chi connectivity index (χ2v) is 6.41. The quantitative estimate of drug-likeness (QED) is 0.623. The lowest BCUT2D eigenvalue weighted by Gasteiger charge is -2.24. The van der Waals surface area contributed by atoms with Gasteiger partial charge in [0.25, 0.3) is 0 Å². The molecule has 1 amide bonds. The Labute approximate surface area is 127 Å². The first-order valence-electron chi connectivity index (χ1n) is 7.87. The van der Waals surface area contributed by atoms with E-state index in [0.717, 1.165) is 30.8 Å². The van der Waals surface area contributed by atoms with Gasteiger partial charge in [-0.3, -0.25) is 4.79 Å². The standard InChI is InChI=1S/C17H27N3O/c1-17(2,14-6-8-15(18)9-7-14)16(21)19-10-5-13-20-11-3-4-12-20/h6-9H,3-5,10-13,18H2,1-2H3,(H,19,21). The van der Waals surface area contributed by atoms with Crippen molar-refractivity contribution in [2.24, 2.45) is 0 Å². The Hall–Kier alpha value is -1.55. The highest BCUT2D eigenvalue weighted by atomic mass is 16.2. The lowest BCUT2D eigenvalue weighted by Crippen LogP contribution is -2.41. The number of nitrogen functional groups attached to an aromatic ring is 1. The maximum atomic E-state index is 12.4. The van der Waals surface area contributed by atoms with E-state index in [2.05, 4.69) is 10.2 Å². The van der Waals surface area contributed by atoms with Crippen LogP contribution >= 0.6 is 0 Å². The van der Waals surface area contributed by atoms with E-state index in [-0.39, 0.29) is 5.91 Å². The Balaban J connectivity index is 1.79. The van der Waals surface area contributed by atoms with Gasteiger partial charge in [-0.05, 0) is 70.4 Å². The Morgan fingerprint density at radius 3 is 2.48 bits per heavy atom. The molecule has 2 rings (SSSR count). The first-order valence-corrected chi connectivity index (χ1v) is 7.87. The van der Waals surface area contributed by atoms with Crippen molar-refractivity contribution in [2.75, 3.05) is 31.9 Å². The first kappa shape index (κ1) is 15.8. The van der Waals surface area contributed by atoms with Gasteiger partial charge in [0.05, 0.1) is 5.41 Å². The monoisotopic (exact) mass is 289 g/mol. The molecule has 0 saturated carbocycles. The number of likely N-dealkylation sites (tertiary alicyclic amines) is 1. The summed E-state index contributed by atoms with van der Waals surface area (Å²) in [6.45, 7) is 8.16. The molecule has 1 aromatic rings. The average Bonchev–Trinajstić information content (AvgIpc) is 2.97. The van der Waals surface area contributed by atoms with Gasteiger partial charge < -0.3 is 16.0 Å². The number of carbonyl (C=O) groups is 1. The zero-order valence-electron chi connectivity index (χ0n) is 13.2. The number of benzene rings is 1. The number of hydrogen-bond donors (Lipinski definition) is 2. The van der Waals surface area contributed by atoms with Crippen molar-refractivity contribution in [3.05, 3.63) is 29.8 Å². The fourth-order valence-electron chi connectivity index (χ4n) is 2.76. The third-order valence-corrected chi connectivity index (χ3v) is 4.34. The van der Waals surface area contributed by atoms with Crippen LogP contribution in [0.2, 0.25) is 0 Å². The van der Waals surface area contributed by atoms with Gasteiger partial charge >= 0.3 is 0 Å². The van der Waals surface area contributed by atoms with Crippen molar-refractivity contribution in [3.63, 3.8) is 0 Å². The molecule has 21 heavy (non-hydrogen) atoms. The molecule has 1 fully saturated rings. The lowest BCUT2D eigenvalue weighted by molar-refractivity contribution is -0.125. The molecule has 0 aliphatic carbocycles. The van der Waals surface area contributed by atoms with Crippen molar-refractivity contribution in [2.45, 2.75) is 38.5 Å². The minimum Gasteiger partial charge on any atom is -0.399 e. The summed E-state index contributed by atoms with van der Waals surface area (Å²) in [6, 6.07) is 7.55. The summed E-state index contributed by atoms with van der Waals surface area (Å²) < 4.78 is 0. The second kappa shape index (κ2) is 6.94. The number of anilines is 1. The summed E-state index contributed by atoms with van der Waals surface area (Å²) in [5.41, 5.74) is 6.89. The number of rotatable bonds is 6. The molecule has 1 saturated heterocycles. The molecule has 4 heteroatoms. The predicted molar refractivity (Wildman–Crippen MR) is 87.2 cm³/mol. The van der Waals surface area contributed by atoms with Gasteiger partial charge in [-0.1, -0.05) is 12.1 Å². The van der Waals surface area contributed by atoms with E-state index < -0.39 is 5.41 Å². The molecule has 0 atom stereocenters. The van der Waals surface area contributed by atoms with Crippen LogP contribution in [0.25, 0.3) is 0 Å². The highest BCUT2D eigenvalue weighted by Gasteiger charge is 2.29. The maximum absolute atomic E-state index is 12.4. The first-order chi connectivity index (χ1) is 10.00. The third kappa shape index (κ3) is 4.21. The summed E-state index contributed by atoms with van der Waals surface area (Å²) in [5, 5.41) is 3.06. The minimum atomic E-state index is -0.526. The Bertz CT molecular complexity index is 461. The number of nitrogens with zero attached hydrogens (tertiary/aromatic N) is 1. The van der Waals surface area contributed by atoms with Crippen LogP contribution in [0.3, 0.4) is 0 Å². The summed E-state index contributed by atoms with van der Waals surface area (Å²) in [5.74, 6) is 0.0775. The summed E-state index contributed by atoms with van der Waals surface area (Å²) in [6.07, 6.45) is 3.65. The zero-order valence-corrected chi connectivity index (χ0v) is 13.2. The topological polar surface area (TPSA) is 58.4 Å². The number of carbonyl (C=O) groups excluding carboxylic acids is 1. The average molecular weight is 289 g/mol. The van der Waals surface area contributed by atoms with Crippen molar-refractivity contribution in [3.8, 4) is 0 Å². The van der Waals surface area contributed by atoms with E-state index in [4.69, 9.17) is 5.73 Å². The Morgan fingerprint density at radius 1 is 1.24 bits per heavy atom. The molecule has 0 radical (unpaired) electrons. The molecule has 0 unspecified atom stereocenters. The molecule has 0 bridgehead atoms. The Morgan fingerprint density at radius 2 is 1.86 bits per heavy atom. The third-order valence-electron chi connectivity index (χ3n) is 4.34. The van der Waals surface area contributed by atoms with Crippen LogP contribution in [-0.4, -0.2) is 37.0 Å². The van der Waals surface area contributed by atoms with Crippen molar-refractivity contribution < 1.29 is 4.79 Å². The molecule has 1 aliphatic heterocycles. The SMILES string of the molecule is CC(C)(C(=O)NCCCN1CCCC1)c1ccc(N)cc1. The molecule has 0 spiro atoms. The van der Waals surface area contributed by atoms with Crippen LogP contribution in [0.1, 0.15) is 38.7 Å². The normalized spacial score (nSPS) is 16.1. The van der Waals surface area contributed by atoms with Crippen LogP contribution in [0, 0.1) is 0 Å². The molecule has 1 heterocycles. The van der Waals surface area contributed by atoms with E-state index >= 15 is 0 Å². The van der Waals surface area contributed by atoms with Gasteiger partial charge in [0.1, 0.15) is 0 Å². The van der Waals surface area contributed by atoms with Crippen molar-refractivity contribution in [1.29, 1.82) is 0 Å². The maximum Gasteiger partial charge on any atom is 0.230 e. The van der Waals surface area contributed by atoms with Gasteiger partial charge in [-0.25, -0.2) is 0 Å². The molecule has 4 nitrogen and oxygen atoms in total. The molecular formula is C17H27N3O. The molecular weight excluding hydrogens is 262 g/mol. The van der Waals surface area contributed by atoms with Gasteiger partial charge in [0.15, 0.2) is 0 Å². The number of nitrogens with one attached hydrogen (secondary N) is 1. The fraction of sp³-hybridized carbons (Fsp3) is 0.588. The molecule has 116 valence electrons. The lowest BCUT2D eigenvalue weighted by atomic mass is 9.83. The smallest absolute Gasteiger partial charge is 0.230 e. The Kier molecular flexibility index (Phi) is 5.23. The predicted octanol–water partition coefficient (Wildman–Crippen LogP) is 2.15. The van der Waals surface area contributed by atoms with Crippen LogP contribution < -0.4 is 11.1 Å². The summed E-state index contributed by atoms with van der Waals surface area (Å²) in [4.78, 5) is 14.9. The largest absolute Gasteiger partial charge is 0.399 e. The summed E-state index contributed by atoms with van der Waals surface area (Å²) in [7, 11) is 0. The van der Waals surface area contributed by atoms with Crippen molar-refractivity contribution >= 4 is 11.6 Å². The van der Waals surface area contributed by atoms with E-state index in [1.54, 1.807) is 0 Å². The van der Waals surface area contributed by atoms with E-state index in [0.29, 0.717) is 0 Å². The number of nitrogens with two attached hydrogens (primary N) is 1. The summed E-state index contributed by atoms with van der Waals surface area (Å²) >= 11 is 0. The van der Waals surface area contributed by atoms with Gasteiger partial charge in [0.2, 0.25) is 5.91 Å². The second-order valence-electron chi connectivity index (χ2n) is 6.41. The fourth-order valence-corrected chi connectivity index (χ4v) is 2.76. The number of hydrogen-bond acceptors (Lipinski definition) is 3.